The number of benzene rings is 1. The summed E-state index contributed by atoms with van der Waals surface area (Å²) < 4.78 is 0. The van der Waals surface area contributed by atoms with Crippen LogP contribution in [0.1, 0.15) is 28.8 Å². The highest BCUT2D eigenvalue weighted by Crippen LogP contribution is 2.37. The summed E-state index contributed by atoms with van der Waals surface area (Å²) in [6.07, 6.45) is 2.09. The smallest absolute Gasteiger partial charge is 0.251 e. The lowest BCUT2D eigenvalue weighted by molar-refractivity contribution is 0.0936. The highest BCUT2D eigenvalue weighted by molar-refractivity contribution is 9.09. The molecule has 0 unspecified atom stereocenters. The first-order chi connectivity index (χ1) is 7.54. The Kier molecular flexibility index (Phi) is 3.27. The molecule has 0 spiro atoms. The molecule has 0 bridgehead atoms. The maximum atomic E-state index is 12.0. The van der Waals surface area contributed by atoms with Crippen molar-refractivity contribution in [3.63, 3.8) is 0 Å². The SMILES string of the molecule is Cc1cc(Cl)cc(C(=O)NC2(CBr)CC2)c1. The van der Waals surface area contributed by atoms with Crippen LogP contribution in [0.2, 0.25) is 5.02 Å². The van der Waals surface area contributed by atoms with Crippen LogP contribution in [-0.2, 0) is 0 Å². The first kappa shape index (κ1) is 11.9. The van der Waals surface area contributed by atoms with Crippen molar-refractivity contribution < 1.29 is 4.79 Å². The molecular formula is C12H13BrClNO. The lowest BCUT2D eigenvalue weighted by Crippen LogP contribution is -2.38. The Balaban J connectivity index is 2.14. The zero-order valence-electron chi connectivity index (χ0n) is 9.02. The lowest BCUT2D eigenvalue weighted by Gasteiger charge is -2.14. The minimum atomic E-state index is -0.0393. The second-order valence-corrected chi connectivity index (χ2v) is 5.38. The Morgan fingerprint density at radius 1 is 1.50 bits per heavy atom. The second kappa shape index (κ2) is 4.38. The van der Waals surface area contributed by atoms with Gasteiger partial charge in [0.05, 0.1) is 5.54 Å². The van der Waals surface area contributed by atoms with E-state index >= 15 is 0 Å². The number of amides is 1. The van der Waals surface area contributed by atoms with Crippen LogP contribution in [0.15, 0.2) is 18.2 Å². The predicted molar refractivity (Wildman–Crippen MR) is 69.4 cm³/mol. The zero-order chi connectivity index (χ0) is 11.8. The number of aryl methyl sites for hydroxylation is 1. The number of carbonyl (C=O) groups is 1. The number of hydrogen-bond donors (Lipinski definition) is 1. The topological polar surface area (TPSA) is 29.1 Å². The van der Waals surface area contributed by atoms with Gasteiger partial charge in [0.2, 0.25) is 0 Å². The lowest BCUT2D eigenvalue weighted by atomic mass is 10.1. The fraction of sp³-hybridized carbons (Fsp3) is 0.417. The standard InChI is InChI=1S/C12H13BrClNO/c1-8-4-9(6-10(14)5-8)11(16)15-12(7-13)2-3-12/h4-6H,2-3,7H2,1H3,(H,15,16). The van der Waals surface area contributed by atoms with Crippen molar-refractivity contribution in [2.24, 2.45) is 0 Å². The molecule has 1 N–H and O–H groups in total. The Morgan fingerprint density at radius 2 is 2.19 bits per heavy atom. The van der Waals surface area contributed by atoms with E-state index in [1.165, 1.54) is 0 Å². The summed E-state index contributed by atoms with van der Waals surface area (Å²) in [7, 11) is 0. The number of rotatable bonds is 3. The molecule has 0 aromatic heterocycles. The molecule has 4 heteroatoms. The monoisotopic (exact) mass is 301 g/mol. The van der Waals surface area contributed by atoms with Gasteiger partial charge in [-0.2, -0.15) is 0 Å². The van der Waals surface area contributed by atoms with Gasteiger partial charge in [-0.05, 0) is 43.5 Å². The highest BCUT2D eigenvalue weighted by Gasteiger charge is 2.42. The summed E-state index contributed by atoms with van der Waals surface area (Å²) in [6.45, 7) is 1.93. The van der Waals surface area contributed by atoms with E-state index in [-0.39, 0.29) is 11.4 Å². The molecule has 0 aliphatic heterocycles. The predicted octanol–water partition coefficient (Wildman–Crippen LogP) is 3.31. The molecule has 0 atom stereocenters. The fourth-order valence-corrected chi connectivity index (χ4v) is 2.61. The van der Waals surface area contributed by atoms with Gasteiger partial charge in [-0.1, -0.05) is 27.5 Å². The summed E-state index contributed by atoms with van der Waals surface area (Å²) in [5, 5.41) is 4.46. The Hall–Kier alpha value is -0.540. The molecule has 1 aliphatic carbocycles. The minimum Gasteiger partial charge on any atom is -0.346 e. The maximum Gasteiger partial charge on any atom is 0.251 e. The third-order valence-corrected chi connectivity index (χ3v) is 4.08. The van der Waals surface area contributed by atoms with Crippen LogP contribution in [0.3, 0.4) is 0 Å². The Labute approximate surface area is 108 Å². The maximum absolute atomic E-state index is 12.0. The van der Waals surface area contributed by atoms with Crippen LogP contribution in [0.25, 0.3) is 0 Å². The van der Waals surface area contributed by atoms with Gasteiger partial charge in [0, 0.05) is 15.9 Å². The van der Waals surface area contributed by atoms with E-state index in [1.54, 1.807) is 6.07 Å². The number of hydrogen-bond acceptors (Lipinski definition) is 1. The molecule has 1 fully saturated rings. The molecule has 1 saturated carbocycles. The largest absolute Gasteiger partial charge is 0.346 e. The van der Waals surface area contributed by atoms with Crippen LogP contribution in [-0.4, -0.2) is 16.8 Å². The molecule has 0 radical (unpaired) electrons. The summed E-state index contributed by atoms with van der Waals surface area (Å²) >= 11 is 9.35. The molecule has 2 rings (SSSR count). The molecule has 16 heavy (non-hydrogen) atoms. The first-order valence-corrected chi connectivity index (χ1v) is 6.70. The molecule has 1 aliphatic rings. The van der Waals surface area contributed by atoms with Gasteiger partial charge >= 0.3 is 0 Å². The molecule has 0 heterocycles. The number of nitrogens with one attached hydrogen (secondary N) is 1. The van der Waals surface area contributed by atoms with Crippen LogP contribution >= 0.6 is 27.5 Å². The van der Waals surface area contributed by atoms with Crippen molar-refractivity contribution in [2.45, 2.75) is 25.3 Å². The van der Waals surface area contributed by atoms with Crippen LogP contribution < -0.4 is 5.32 Å². The summed E-state index contributed by atoms with van der Waals surface area (Å²) in [6, 6.07) is 5.40. The molecule has 2 nitrogen and oxygen atoms in total. The summed E-state index contributed by atoms with van der Waals surface area (Å²) in [5.74, 6) is -0.0393. The van der Waals surface area contributed by atoms with E-state index in [9.17, 15) is 4.79 Å². The molecule has 1 amide bonds. The van der Waals surface area contributed by atoms with Crippen molar-refractivity contribution in [3.05, 3.63) is 34.3 Å². The third-order valence-electron chi connectivity index (χ3n) is 2.79. The van der Waals surface area contributed by atoms with E-state index in [2.05, 4.69) is 21.2 Å². The molecule has 86 valence electrons. The number of halogens is 2. The van der Waals surface area contributed by atoms with Crippen molar-refractivity contribution in [1.29, 1.82) is 0 Å². The van der Waals surface area contributed by atoms with E-state index < -0.39 is 0 Å². The van der Waals surface area contributed by atoms with E-state index in [0.717, 1.165) is 23.7 Å². The Bertz CT molecular complexity index is 409. The third kappa shape index (κ3) is 2.58. The zero-order valence-corrected chi connectivity index (χ0v) is 11.4. The van der Waals surface area contributed by atoms with Crippen LogP contribution in [0.5, 0.6) is 0 Å². The van der Waals surface area contributed by atoms with Gasteiger partial charge in [0.25, 0.3) is 5.91 Å². The molecule has 0 saturated heterocycles. The van der Waals surface area contributed by atoms with E-state index in [4.69, 9.17) is 11.6 Å². The van der Waals surface area contributed by atoms with Crippen LogP contribution in [0, 0.1) is 6.92 Å². The van der Waals surface area contributed by atoms with Gasteiger partial charge in [0.1, 0.15) is 0 Å². The van der Waals surface area contributed by atoms with E-state index in [0.29, 0.717) is 10.6 Å². The quantitative estimate of drug-likeness (QED) is 0.853. The normalized spacial score (nSPS) is 16.9. The van der Waals surface area contributed by atoms with Crippen molar-refractivity contribution in [1.82, 2.24) is 5.32 Å². The van der Waals surface area contributed by atoms with Crippen LogP contribution in [0.4, 0.5) is 0 Å². The molecule has 1 aromatic carbocycles. The first-order valence-electron chi connectivity index (χ1n) is 5.20. The van der Waals surface area contributed by atoms with Gasteiger partial charge in [0.15, 0.2) is 0 Å². The van der Waals surface area contributed by atoms with Crippen molar-refractivity contribution >= 4 is 33.4 Å². The average Bonchev–Trinajstić information content (AvgIpc) is 2.97. The Morgan fingerprint density at radius 3 is 2.69 bits per heavy atom. The number of carbonyl (C=O) groups excluding carboxylic acids is 1. The summed E-state index contributed by atoms with van der Waals surface area (Å²) in [4.78, 5) is 12.0. The van der Waals surface area contributed by atoms with Gasteiger partial charge in [-0.15, -0.1) is 0 Å². The van der Waals surface area contributed by atoms with Crippen molar-refractivity contribution in [2.75, 3.05) is 5.33 Å². The molecule has 1 aromatic rings. The summed E-state index contributed by atoms with van der Waals surface area (Å²) in [5.41, 5.74) is 1.62. The number of alkyl halides is 1. The average molecular weight is 303 g/mol. The van der Waals surface area contributed by atoms with Gasteiger partial charge in [-0.3, -0.25) is 4.79 Å². The molecular weight excluding hydrogens is 289 g/mol. The van der Waals surface area contributed by atoms with Crippen molar-refractivity contribution in [3.8, 4) is 0 Å². The second-order valence-electron chi connectivity index (χ2n) is 4.39. The van der Waals surface area contributed by atoms with Gasteiger partial charge < -0.3 is 5.32 Å². The van der Waals surface area contributed by atoms with E-state index in [1.807, 2.05) is 19.1 Å². The minimum absolute atomic E-state index is 0.0205. The fourth-order valence-electron chi connectivity index (χ4n) is 1.62. The van der Waals surface area contributed by atoms with Gasteiger partial charge in [-0.25, -0.2) is 0 Å². The highest BCUT2D eigenvalue weighted by atomic mass is 79.9.